The molecule has 0 bridgehead atoms. The molecule has 0 spiro atoms. The molecule has 186 valence electrons. The summed E-state index contributed by atoms with van der Waals surface area (Å²) in [5.41, 5.74) is 4.92. The van der Waals surface area contributed by atoms with E-state index in [2.05, 4.69) is 43.8 Å². The van der Waals surface area contributed by atoms with Crippen molar-refractivity contribution in [3.8, 4) is 11.3 Å². The predicted molar refractivity (Wildman–Crippen MR) is 136 cm³/mol. The molecule has 0 saturated carbocycles. The number of aryl methyl sites for hydroxylation is 2. The molecule has 36 heavy (non-hydrogen) atoms. The van der Waals surface area contributed by atoms with Gasteiger partial charge >= 0.3 is 0 Å². The molecule has 1 aliphatic carbocycles. The van der Waals surface area contributed by atoms with Crippen molar-refractivity contribution in [1.82, 2.24) is 29.9 Å². The molecule has 1 N–H and O–H groups in total. The van der Waals surface area contributed by atoms with Gasteiger partial charge in [-0.2, -0.15) is 5.10 Å². The van der Waals surface area contributed by atoms with E-state index in [9.17, 15) is 4.79 Å². The second-order valence-corrected chi connectivity index (χ2v) is 10.4. The highest BCUT2D eigenvalue weighted by molar-refractivity contribution is 5.92. The van der Waals surface area contributed by atoms with Crippen molar-refractivity contribution in [2.24, 2.45) is 7.05 Å². The van der Waals surface area contributed by atoms with Gasteiger partial charge in [-0.25, -0.2) is 9.97 Å². The molecule has 0 aliphatic heterocycles. The third kappa shape index (κ3) is 5.19. The molecular formula is C27H31N7O2. The van der Waals surface area contributed by atoms with Gasteiger partial charge in [-0.05, 0) is 48.4 Å². The summed E-state index contributed by atoms with van der Waals surface area (Å²) in [6.45, 7) is 5.97. The predicted octanol–water partition coefficient (Wildman–Crippen LogP) is 5.38. The first-order chi connectivity index (χ1) is 17.3. The van der Waals surface area contributed by atoms with E-state index in [1.807, 2.05) is 40.1 Å². The van der Waals surface area contributed by atoms with E-state index in [0.717, 1.165) is 42.6 Å². The molecule has 3 heterocycles. The maximum Gasteiger partial charge on any atom is 0.284 e. The summed E-state index contributed by atoms with van der Waals surface area (Å²) in [6, 6.07) is 8.36. The summed E-state index contributed by atoms with van der Waals surface area (Å²) in [6.07, 6.45) is 9.84. The summed E-state index contributed by atoms with van der Waals surface area (Å²) in [4.78, 5) is 22.1. The zero-order valence-corrected chi connectivity index (χ0v) is 21.2. The quantitative estimate of drug-likeness (QED) is 0.286. The summed E-state index contributed by atoms with van der Waals surface area (Å²) in [5, 5.41) is 15.5. The number of fused-ring (bicyclic) bond motifs is 1. The van der Waals surface area contributed by atoms with Crippen LogP contribution in [-0.4, -0.2) is 35.7 Å². The van der Waals surface area contributed by atoms with E-state index >= 15 is 0 Å². The van der Waals surface area contributed by atoms with Crippen LogP contribution >= 0.6 is 0 Å². The van der Waals surface area contributed by atoms with Crippen molar-refractivity contribution in [1.29, 1.82) is 0 Å². The Morgan fingerprint density at radius 3 is 2.81 bits per heavy atom. The van der Waals surface area contributed by atoms with E-state index in [1.165, 1.54) is 11.1 Å². The number of hydrogen-bond acceptors (Lipinski definition) is 8. The van der Waals surface area contributed by atoms with E-state index in [4.69, 9.17) is 9.40 Å². The Hall–Kier alpha value is -3.88. The van der Waals surface area contributed by atoms with Gasteiger partial charge in [-0.1, -0.05) is 39.3 Å². The van der Waals surface area contributed by atoms with Gasteiger partial charge in [0.25, 0.3) is 5.89 Å². The number of aromatic nitrogens is 6. The van der Waals surface area contributed by atoms with Crippen LogP contribution in [-0.2, 0) is 18.9 Å². The number of hydrogen-bond donors (Lipinski definition) is 1. The topological polar surface area (TPSA) is 112 Å². The highest BCUT2D eigenvalue weighted by Crippen LogP contribution is 2.36. The average molecular weight is 486 g/mol. The number of anilines is 2. The van der Waals surface area contributed by atoms with Crippen LogP contribution in [0.2, 0.25) is 0 Å². The van der Waals surface area contributed by atoms with E-state index < -0.39 is 0 Å². The van der Waals surface area contributed by atoms with Crippen LogP contribution in [0.5, 0.6) is 0 Å². The lowest BCUT2D eigenvalue weighted by Gasteiger charge is -2.17. The van der Waals surface area contributed by atoms with Crippen LogP contribution in [0.3, 0.4) is 0 Å². The molecule has 9 nitrogen and oxygen atoms in total. The molecule has 4 aromatic rings. The Labute approximate surface area is 210 Å². The number of nitrogens with one attached hydrogen (secondary N) is 1. The van der Waals surface area contributed by atoms with E-state index in [1.54, 1.807) is 17.1 Å². The summed E-state index contributed by atoms with van der Waals surface area (Å²) in [7, 11) is 1.87. The highest BCUT2D eigenvalue weighted by Gasteiger charge is 2.27. The molecule has 0 unspecified atom stereocenters. The first kappa shape index (κ1) is 23.8. The summed E-state index contributed by atoms with van der Waals surface area (Å²) >= 11 is 0. The zero-order valence-electron chi connectivity index (χ0n) is 21.2. The van der Waals surface area contributed by atoms with Gasteiger partial charge < -0.3 is 9.73 Å². The first-order valence-corrected chi connectivity index (χ1v) is 12.4. The minimum atomic E-state index is -0.286. The minimum absolute atomic E-state index is 0.0955. The number of nitrogens with zero attached hydrogens (tertiary/aromatic N) is 6. The normalized spacial score (nSPS) is 15.8. The fourth-order valence-electron chi connectivity index (χ4n) is 4.60. The molecule has 9 heteroatoms. The van der Waals surface area contributed by atoms with Gasteiger partial charge in [0.05, 0.1) is 17.6 Å². The highest BCUT2D eigenvalue weighted by atomic mass is 16.4. The number of carbonyl (C=O) groups excluding carboxylic acids is 1. The van der Waals surface area contributed by atoms with E-state index in [0.29, 0.717) is 18.3 Å². The van der Waals surface area contributed by atoms with Gasteiger partial charge in [0.2, 0.25) is 17.6 Å². The molecule has 1 aromatic carbocycles. The van der Waals surface area contributed by atoms with Gasteiger partial charge in [0, 0.05) is 36.8 Å². The van der Waals surface area contributed by atoms with Gasteiger partial charge in [-0.15, -0.1) is 10.2 Å². The smallest absolute Gasteiger partial charge is 0.284 e. The largest absolute Gasteiger partial charge is 0.418 e. The van der Waals surface area contributed by atoms with Crippen LogP contribution in [0.1, 0.15) is 80.1 Å². The van der Waals surface area contributed by atoms with Crippen molar-refractivity contribution >= 4 is 17.4 Å². The Kier molecular flexibility index (Phi) is 6.38. The van der Waals surface area contributed by atoms with Crippen LogP contribution in [0, 0.1) is 0 Å². The fraction of sp³-hybridized carbons (Fsp3) is 0.407. The number of Topliss-reactive ketones (excluding diaryl/α,β-unsaturated/α-hetero) is 1. The molecular weight excluding hydrogens is 454 g/mol. The van der Waals surface area contributed by atoms with Crippen molar-refractivity contribution in [3.05, 3.63) is 65.8 Å². The van der Waals surface area contributed by atoms with Crippen LogP contribution < -0.4 is 5.32 Å². The Morgan fingerprint density at radius 2 is 2.06 bits per heavy atom. The second-order valence-electron chi connectivity index (χ2n) is 10.4. The van der Waals surface area contributed by atoms with Crippen molar-refractivity contribution in [2.75, 3.05) is 5.32 Å². The fourth-order valence-corrected chi connectivity index (χ4v) is 4.60. The van der Waals surface area contributed by atoms with Crippen LogP contribution in [0.25, 0.3) is 11.3 Å². The molecule has 0 fully saturated rings. The number of carbonyl (C=O) groups is 1. The van der Waals surface area contributed by atoms with Crippen molar-refractivity contribution < 1.29 is 9.21 Å². The lowest BCUT2D eigenvalue weighted by atomic mass is 9.87. The maximum atomic E-state index is 13.0. The monoisotopic (exact) mass is 485 g/mol. The third-order valence-corrected chi connectivity index (χ3v) is 6.48. The van der Waals surface area contributed by atoms with Crippen molar-refractivity contribution in [3.63, 3.8) is 0 Å². The molecule has 3 aromatic heterocycles. The van der Waals surface area contributed by atoms with Gasteiger partial charge in [0.1, 0.15) is 0 Å². The Balaban J connectivity index is 1.36. The average Bonchev–Trinajstić information content (AvgIpc) is 3.46. The standard InChI is InChI=1S/C27H31N7O2/c1-27(2,3)25-33-32-24(36-25)23(35)14-18-8-6-5-7-17-13-19(9-10-21(17)18)22-11-12-28-26(31-22)30-20-15-29-34(4)16-20/h9-13,15-16,18H,5-8,14H2,1-4H3,(H,28,30,31)/t18-/m0/s1. The maximum absolute atomic E-state index is 13.0. The molecule has 0 amide bonds. The van der Waals surface area contributed by atoms with E-state index in [-0.39, 0.29) is 23.0 Å². The van der Waals surface area contributed by atoms with Crippen molar-refractivity contribution in [2.45, 2.75) is 64.2 Å². The lowest BCUT2D eigenvalue weighted by molar-refractivity contribution is 0.0935. The number of rotatable bonds is 6. The number of benzene rings is 1. The molecule has 0 saturated heterocycles. The minimum Gasteiger partial charge on any atom is -0.418 e. The van der Waals surface area contributed by atoms with Gasteiger partial charge in [-0.3, -0.25) is 9.48 Å². The summed E-state index contributed by atoms with van der Waals surface area (Å²) < 4.78 is 7.43. The van der Waals surface area contributed by atoms with Crippen LogP contribution in [0.15, 0.2) is 47.3 Å². The summed E-state index contributed by atoms with van der Waals surface area (Å²) in [5.74, 6) is 1.15. The SMILES string of the molecule is Cn1cc(Nc2nccc(-c3ccc4c(c3)CCCC[C@H]4CC(=O)c3nnc(C(C)(C)C)o3)n2)cn1. The Morgan fingerprint density at radius 1 is 1.19 bits per heavy atom. The molecule has 1 atom stereocenters. The molecule has 0 radical (unpaired) electrons. The number of ketones is 1. The Bertz CT molecular complexity index is 1380. The lowest BCUT2D eigenvalue weighted by Crippen LogP contribution is -2.11. The van der Waals surface area contributed by atoms with Gasteiger partial charge in [0.15, 0.2) is 0 Å². The van der Waals surface area contributed by atoms with Crippen LogP contribution in [0.4, 0.5) is 11.6 Å². The molecule has 5 rings (SSSR count). The molecule has 1 aliphatic rings. The second kappa shape index (κ2) is 9.64. The first-order valence-electron chi connectivity index (χ1n) is 12.4. The third-order valence-electron chi connectivity index (χ3n) is 6.48. The zero-order chi connectivity index (χ0) is 25.3.